The van der Waals surface area contributed by atoms with Gasteiger partial charge in [-0.05, 0) is 13.8 Å². The maximum atomic E-state index is 11.8. The van der Waals surface area contributed by atoms with Crippen LogP contribution in [0.3, 0.4) is 0 Å². The average Bonchev–Trinajstić information content (AvgIpc) is 2.12. The number of rotatable bonds is 3. The lowest BCUT2D eigenvalue weighted by molar-refractivity contribution is -0.142. The number of nitrogens with zero attached hydrogens (tertiary/aromatic N) is 1. The molecule has 1 heterocycles. The minimum absolute atomic E-state index is 0.150. The van der Waals surface area contributed by atoms with Crippen LogP contribution in [0, 0.1) is 0 Å². The van der Waals surface area contributed by atoms with Crippen LogP contribution in [-0.2, 0) is 9.53 Å². The van der Waals surface area contributed by atoms with E-state index in [1.807, 2.05) is 32.6 Å². The molecule has 0 saturated carbocycles. The molecule has 0 bridgehead atoms. The zero-order valence-corrected chi connectivity index (χ0v) is 10.1. The summed E-state index contributed by atoms with van der Waals surface area (Å²) in [6, 6.07) is 0.352. The van der Waals surface area contributed by atoms with Gasteiger partial charge in [-0.1, -0.05) is 13.8 Å². The summed E-state index contributed by atoms with van der Waals surface area (Å²) in [5, 5.41) is 3.14. The van der Waals surface area contributed by atoms with E-state index >= 15 is 0 Å². The second kappa shape index (κ2) is 5.47. The third kappa shape index (κ3) is 4.18. The summed E-state index contributed by atoms with van der Waals surface area (Å²) in [6.45, 7) is 9.94. The van der Waals surface area contributed by atoms with Crippen LogP contribution in [0.15, 0.2) is 0 Å². The minimum atomic E-state index is 0.150. The van der Waals surface area contributed by atoms with Crippen LogP contribution in [0.5, 0.6) is 0 Å². The first-order chi connectivity index (χ1) is 6.99. The van der Waals surface area contributed by atoms with E-state index in [1.165, 1.54) is 0 Å². The molecular weight excluding hydrogens is 192 g/mol. The van der Waals surface area contributed by atoms with Gasteiger partial charge in [-0.3, -0.25) is 4.79 Å². The van der Waals surface area contributed by atoms with Gasteiger partial charge >= 0.3 is 0 Å². The van der Waals surface area contributed by atoms with Crippen molar-refractivity contribution in [3.63, 3.8) is 0 Å². The number of amides is 1. The van der Waals surface area contributed by atoms with Gasteiger partial charge < -0.3 is 15.0 Å². The average molecular weight is 214 g/mol. The van der Waals surface area contributed by atoms with Crippen LogP contribution in [0.1, 0.15) is 27.7 Å². The minimum Gasteiger partial charge on any atom is -0.372 e. The first-order valence-corrected chi connectivity index (χ1v) is 5.65. The van der Waals surface area contributed by atoms with E-state index in [0.717, 1.165) is 0 Å². The van der Waals surface area contributed by atoms with Crippen LogP contribution >= 0.6 is 0 Å². The molecule has 0 aliphatic carbocycles. The van der Waals surface area contributed by atoms with Gasteiger partial charge in [0, 0.05) is 19.1 Å². The van der Waals surface area contributed by atoms with Gasteiger partial charge in [0.15, 0.2) is 0 Å². The quantitative estimate of drug-likeness (QED) is 0.749. The Bertz CT molecular complexity index is 209. The molecule has 0 aromatic rings. The van der Waals surface area contributed by atoms with Crippen LogP contribution in [0.2, 0.25) is 0 Å². The predicted molar refractivity (Wildman–Crippen MR) is 59.7 cm³/mol. The standard InChI is InChI=1S/C11H22N2O2/c1-8(2)12-5-11(14)13-6-9(3)15-10(4)7-13/h8-10,12H,5-7H2,1-4H3. The molecule has 4 heteroatoms. The normalized spacial score (nSPS) is 27.1. The maximum absolute atomic E-state index is 11.8. The topological polar surface area (TPSA) is 41.6 Å². The number of carbonyl (C=O) groups excluding carboxylic acids is 1. The molecule has 88 valence electrons. The highest BCUT2D eigenvalue weighted by Gasteiger charge is 2.25. The van der Waals surface area contributed by atoms with E-state index in [0.29, 0.717) is 25.7 Å². The zero-order valence-electron chi connectivity index (χ0n) is 10.1. The zero-order chi connectivity index (χ0) is 11.4. The van der Waals surface area contributed by atoms with Gasteiger partial charge in [0.2, 0.25) is 5.91 Å². The number of hydrogen-bond donors (Lipinski definition) is 1. The molecule has 1 amide bonds. The number of nitrogens with one attached hydrogen (secondary N) is 1. The molecule has 2 atom stereocenters. The van der Waals surface area contributed by atoms with E-state index in [1.54, 1.807) is 0 Å². The van der Waals surface area contributed by atoms with E-state index < -0.39 is 0 Å². The molecule has 0 aromatic heterocycles. The first-order valence-electron chi connectivity index (χ1n) is 5.65. The smallest absolute Gasteiger partial charge is 0.236 e. The fourth-order valence-corrected chi connectivity index (χ4v) is 1.78. The van der Waals surface area contributed by atoms with Crippen molar-refractivity contribution in [2.24, 2.45) is 0 Å². The molecular formula is C11H22N2O2. The third-order valence-electron chi connectivity index (χ3n) is 2.43. The van der Waals surface area contributed by atoms with Gasteiger partial charge in [-0.15, -0.1) is 0 Å². The Labute approximate surface area is 92.0 Å². The number of morpholine rings is 1. The summed E-state index contributed by atoms with van der Waals surface area (Å²) in [7, 11) is 0. The Kier molecular flexibility index (Phi) is 4.54. The number of ether oxygens (including phenoxy) is 1. The van der Waals surface area contributed by atoms with Gasteiger partial charge in [-0.2, -0.15) is 0 Å². The molecule has 1 N–H and O–H groups in total. The van der Waals surface area contributed by atoms with Gasteiger partial charge in [0.25, 0.3) is 0 Å². The highest BCUT2D eigenvalue weighted by molar-refractivity contribution is 5.78. The van der Waals surface area contributed by atoms with Gasteiger partial charge in [0.1, 0.15) is 0 Å². The molecule has 1 aliphatic heterocycles. The van der Waals surface area contributed by atoms with Crippen LogP contribution in [-0.4, -0.2) is 48.7 Å². The van der Waals surface area contributed by atoms with Gasteiger partial charge in [0.05, 0.1) is 18.8 Å². The van der Waals surface area contributed by atoms with Crippen LogP contribution < -0.4 is 5.32 Å². The molecule has 4 nitrogen and oxygen atoms in total. The summed E-state index contributed by atoms with van der Waals surface area (Å²) in [5.74, 6) is 0.172. The van der Waals surface area contributed by atoms with Crippen LogP contribution in [0.25, 0.3) is 0 Å². The highest BCUT2D eigenvalue weighted by atomic mass is 16.5. The van der Waals surface area contributed by atoms with Crippen molar-refractivity contribution in [2.75, 3.05) is 19.6 Å². The van der Waals surface area contributed by atoms with Crippen molar-refractivity contribution in [2.45, 2.75) is 45.9 Å². The number of hydrogen-bond acceptors (Lipinski definition) is 3. The Balaban J connectivity index is 2.38. The Morgan fingerprint density at radius 3 is 2.40 bits per heavy atom. The lowest BCUT2D eigenvalue weighted by atomic mass is 10.2. The second-order valence-electron chi connectivity index (χ2n) is 4.59. The first kappa shape index (κ1) is 12.5. The maximum Gasteiger partial charge on any atom is 0.236 e. The summed E-state index contributed by atoms with van der Waals surface area (Å²) < 4.78 is 5.58. The second-order valence-corrected chi connectivity index (χ2v) is 4.59. The third-order valence-corrected chi connectivity index (χ3v) is 2.43. The number of carbonyl (C=O) groups is 1. The SMILES string of the molecule is CC(C)NCC(=O)N1CC(C)OC(C)C1. The Morgan fingerprint density at radius 2 is 1.93 bits per heavy atom. The van der Waals surface area contributed by atoms with E-state index in [4.69, 9.17) is 4.74 Å². The molecule has 1 rings (SSSR count). The van der Waals surface area contributed by atoms with Crippen molar-refractivity contribution < 1.29 is 9.53 Å². The van der Waals surface area contributed by atoms with Crippen molar-refractivity contribution in [3.05, 3.63) is 0 Å². The summed E-state index contributed by atoms with van der Waals surface area (Å²) >= 11 is 0. The fraction of sp³-hybridized carbons (Fsp3) is 0.909. The summed E-state index contributed by atoms with van der Waals surface area (Å²) in [4.78, 5) is 13.7. The molecule has 1 aliphatic rings. The van der Waals surface area contributed by atoms with Crippen molar-refractivity contribution in [1.29, 1.82) is 0 Å². The molecule has 15 heavy (non-hydrogen) atoms. The Morgan fingerprint density at radius 1 is 1.40 bits per heavy atom. The summed E-state index contributed by atoms with van der Waals surface area (Å²) in [5.41, 5.74) is 0. The molecule has 0 aromatic carbocycles. The lowest BCUT2D eigenvalue weighted by Crippen LogP contribution is -2.51. The van der Waals surface area contributed by atoms with Crippen molar-refractivity contribution in [1.82, 2.24) is 10.2 Å². The summed E-state index contributed by atoms with van der Waals surface area (Å²) in [6.07, 6.45) is 0.300. The van der Waals surface area contributed by atoms with Crippen molar-refractivity contribution in [3.8, 4) is 0 Å². The van der Waals surface area contributed by atoms with E-state index in [9.17, 15) is 4.79 Å². The molecule has 2 unspecified atom stereocenters. The molecule has 0 spiro atoms. The highest BCUT2D eigenvalue weighted by Crippen LogP contribution is 2.10. The van der Waals surface area contributed by atoms with E-state index in [2.05, 4.69) is 5.32 Å². The monoisotopic (exact) mass is 214 g/mol. The molecule has 0 radical (unpaired) electrons. The fourth-order valence-electron chi connectivity index (χ4n) is 1.78. The molecule has 1 fully saturated rings. The van der Waals surface area contributed by atoms with E-state index in [-0.39, 0.29) is 18.1 Å². The lowest BCUT2D eigenvalue weighted by Gasteiger charge is -2.35. The largest absolute Gasteiger partial charge is 0.372 e. The van der Waals surface area contributed by atoms with Crippen LogP contribution in [0.4, 0.5) is 0 Å². The van der Waals surface area contributed by atoms with Gasteiger partial charge in [-0.25, -0.2) is 0 Å². The predicted octanol–water partition coefficient (Wildman–Crippen LogP) is 0.620. The Hall–Kier alpha value is -0.610. The molecule has 1 saturated heterocycles. The van der Waals surface area contributed by atoms with Crippen molar-refractivity contribution >= 4 is 5.91 Å².